The van der Waals surface area contributed by atoms with Gasteiger partial charge in [-0.15, -0.1) is 0 Å². The van der Waals surface area contributed by atoms with Crippen molar-refractivity contribution in [2.24, 2.45) is 0 Å². The standard InChI is InChI=1S/C18H35NO2/c1-5-6-7-8-9-10-11-12-13-14-15-19-17(4)21-18(20)16(2)3/h17,19H,2,5-15H2,1,3-4H3. The van der Waals surface area contributed by atoms with Gasteiger partial charge in [0.2, 0.25) is 0 Å². The van der Waals surface area contributed by atoms with E-state index in [0.717, 1.165) is 13.0 Å². The Morgan fingerprint density at radius 3 is 1.95 bits per heavy atom. The third kappa shape index (κ3) is 13.9. The Bertz CT molecular complexity index is 276. The highest BCUT2D eigenvalue weighted by Gasteiger charge is 2.08. The summed E-state index contributed by atoms with van der Waals surface area (Å²) >= 11 is 0. The van der Waals surface area contributed by atoms with Crippen LogP contribution in [0.4, 0.5) is 0 Å². The lowest BCUT2D eigenvalue weighted by Gasteiger charge is -2.14. The number of carbonyl (C=O) groups is 1. The second-order valence-corrected chi connectivity index (χ2v) is 5.96. The molecule has 0 aliphatic heterocycles. The van der Waals surface area contributed by atoms with E-state index < -0.39 is 0 Å². The van der Waals surface area contributed by atoms with Crippen molar-refractivity contribution in [3.05, 3.63) is 12.2 Å². The molecule has 1 N–H and O–H groups in total. The summed E-state index contributed by atoms with van der Waals surface area (Å²) in [5.74, 6) is -0.321. The van der Waals surface area contributed by atoms with Crippen molar-refractivity contribution in [2.45, 2.75) is 91.2 Å². The molecule has 0 aromatic carbocycles. The van der Waals surface area contributed by atoms with E-state index in [2.05, 4.69) is 18.8 Å². The van der Waals surface area contributed by atoms with Gasteiger partial charge in [-0.3, -0.25) is 5.32 Å². The molecule has 3 nitrogen and oxygen atoms in total. The normalized spacial score (nSPS) is 12.1. The number of carbonyl (C=O) groups excluding carboxylic acids is 1. The van der Waals surface area contributed by atoms with E-state index in [9.17, 15) is 4.79 Å². The summed E-state index contributed by atoms with van der Waals surface area (Å²) in [6.45, 7) is 10.3. The maximum Gasteiger partial charge on any atom is 0.334 e. The number of hydrogen-bond acceptors (Lipinski definition) is 3. The summed E-state index contributed by atoms with van der Waals surface area (Å²) < 4.78 is 5.15. The number of ether oxygens (including phenoxy) is 1. The summed E-state index contributed by atoms with van der Waals surface area (Å²) in [5.41, 5.74) is 0.447. The van der Waals surface area contributed by atoms with E-state index in [1.807, 2.05) is 6.92 Å². The van der Waals surface area contributed by atoms with E-state index in [-0.39, 0.29) is 12.2 Å². The molecule has 0 saturated heterocycles. The van der Waals surface area contributed by atoms with Gasteiger partial charge in [-0.25, -0.2) is 4.79 Å². The van der Waals surface area contributed by atoms with Gasteiger partial charge >= 0.3 is 5.97 Å². The number of rotatable bonds is 14. The van der Waals surface area contributed by atoms with Crippen LogP contribution in [0.3, 0.4) is 0 Å². The molecule has 3 heteroatoms. The molecule has 1 unspecified atom stereocenters. The lowest BCUT2D eigenvalue weighted by Crippen LogP contribution is -2.31. The third-order valence-corrected chi connectivity index (χ3v) is 3.59. The summed E-state index contributed by atoms with van der Waals surface area (Å²) in [7, 11) is 0. The van der Waals surface area contributed by atoms with Gasteiger partial charge in [0.05, 0.1) is 0 Å². The SMILES string of the molecule is C=C(C)C(=O)OC(C)NCCCCCCCCCCCC. The number of nitrogens with one attached hydrogen (secondary N) is 1. The monoisotopic (exact) mass is 297 g/mol. The minimum absolute atomic E-state index is 0.229. The molecule has 0 amide bonds. The van der Waals surface area contributed by atoms with Gasteiger partial charge in [0.25, 0.3) is 0 Å². The van der Waals surface area contributed by atoms with E-state index in [0.29, 0.717) is 5.57 Å². The lowest BCUT2D eigenvalue weighted by molar-refractivity contribution is -0.144. The quantitative estimate of drug-likeness (QED) is 0.213. The molecule has 0 heterocycles. The molecule has 0 aromatic rings. The smallest absolute Gasteiger partial charge is 0.334 e. The van der Waals surface area contributed by atoms with Gasteiger partial charge in [-0.1, -0.05) is 71.3 Å². The fourth-order valence-corrected chi connectivity index (χ4v) is 2.22. The van der Waals surface area contributed by atoms with Crippen LogP contribution in [0.15, 0.2) is 12.2 Å². The zero-order valence-corrected chi connectivity index (χ0v) is 14.4. The first-order valence-corrected chi connectivity index (χ1v) is 8.67. The molecule has 0 spiro atoms. The molecule has 0 saturated carbocycles. The van der Waals surface area contributed by atoms with E-state index in [4.69, 9.17) is 4.74 Å². The molecule has 0 rings (SSSR count). The van der Waals surface area contributed by atoms with Crippen molar-refractivity contribution in [1.82, 2.24) is 5.32 Å². The Labute approximate surface area is 131 Å². The van der Waals surface area contributed by atoms with Gasteiger partial charge in [-0.05, 0) is 26.8 Å². The topological polar surface area (TPSA) is 38.3 Å². The number of esters is 1. The molecular formula is C18H35NO2. The molecule has 0 fully saturated rings. The Kier molecular flexibility index (Phi) is 13.6. The maximum atomic E-state index is 11.3. The molecule has 0 bridgehead atoms. The summed E-state index contributed by atoms with van der Waals surface area (Å²) in [5, 5.41) is 3.21. The zero-order valence-electron chi connectivity index (χ0n) is 14.4. The predicted molar refractivity (Wildman–Crippen MR) is 90.2 cm³/mol. The minimum Gasteiger partial charge on any atom is -0.444 e. The summed E-state index contributed by atoms with van der Waals surface area (Å²) in [6, 6.07) is 0. The minimum atomic E-state index is -0.321. The van der Waals surface area contributed by atoms with Crippen LogP contribution >= 0.6 is 0 Å². The van der Waals surface area contributed by atoms with Gasteiger partial charge in [0, 0.05) is 5.57 Å². The van der Waals surface area contributed by atoms with Crippen molar-refractivity contribution in [1.29, 1.82) is 0 Å². The van der Waals surface area contributed by atoms with Crippen molar-refractivity contribution in [2.75, 3.05) is 6.54 Å². The molecule has 1 atom stereocenters. The third-order valence-electron chi connectivity index (χ3n) is 3.59. The van der Waals surface area contributed by atoms with E-state index in [1.54, 1.807) is 6.92 Å². The summed E-state index contributed by atoms with van der Waals surface area (Å²) in [6.07, 6.45) is 13.1. The fraction of sp³-hybridized carbons (Fsp3) is 0.833. The van der Waals surface area contributed by atoms with Crippen molar-refractivity contribution >= 4 is 5.97 Å². The Balaban J connectivity index is 3.25. The first-order valence-electron chi connectivity index (χ1n) is 8.67. The molecule has 0 radical (unpaired) electrons. The molecule has 21 heavy (non-hydrogen) atoms. The van der Waals surface area contributed by atoms with Gasteiger partial charge in [0.15, 0.2) is 6.23 Å². The Hall–Kier alpha value is -0.830. The van der Waals surface area contributed by atoms with Crippen LogP contribution in [0.2, 0.25) is 0 Å². The van der Waals surface area contributed by atoms with Crippen molar-refractivity contribution < 1.29 is 9.53 Å². The average molecular weight is 297 g/mol. The second kappa shape index (κ2) is 14.1. The molecule has 124 valence electrons. The highest BCUT2D eigenvalue weighted by atomic mass is 16.6. The fourth-order valence-electron chi connectivity index (χ4n) is 2.22. The first kappa shape index (κ1) is 20.2. The van der Waals surface area contributed by atoms with E-state index in [1.165, 1.54) is 57.8 Å². The van der Waals surface area contributed by atoms with Gasteiger partial charge in [0.1, 0.15) is 0 Å². The van der Waals surface area contributed by atoms with Gasteiger partial charge < -0.3 is 4.74 Å². The van der Waals surface area contributed by atoms with Crippen LogP contribution < -0.4 is 5.32 Å². The Morgan fingerprint density at radius 1 is 1.00 bits per heavy atom. The van der Waals surface area contributed by atoms with Gasteiger partial charge in [-0.2, -0.15) is 0 Å². The molecule has 0 aliphatic carbocycles. The zero-order chi connectivity index (χ0) is 15.9. The van der Waals surface area contributed by atoms with Crippen LogP contribution in [-0.2, 0) is 9.53 Å². The molecule has 0 aliphatic rings. The molecular weight excluding hydrogens is 262 g/mol. The van der Waals surface area contributed by atoms with Crippen LogP contribution in [0.1, 0.15) is 85.0 Å². The van der Waals surface area contributed by atoms with Crippen LogP contribution in [0, 0.1) is 0 Å². The van der Waals surface area contributed by atoms with Crippen molar-refractivity contribution in [3.8, 4) is 0 Å². The van der Waals surface area contributed by atoms with E-state index >= 15 is 0 Å². The highest BCUT2D eigenvalue weighted by molar-refractivity contribution is 5.87. The average Bonchev–Trinajstić information content (AvgIpc) is 2.44. The van der Waals surface area contributed by atoms with Crippen LogP contribution in [0.25, 0.3) is 0 Å². The summed E-state index contributed by atoms with van der Waals surface area (Å²) in [4.78, 5) is 11.3. The number of unbranched alkanes of at least 4 members (excludes halogenated alkanes) is 9. The predicted octanol–water partition coefficient (Wildman–Crippen LogP) is 4.96. The molecule has 0 aromatic heterocycles. The first-order chi connectivity index (χ1) is 10.1. The largest absolute Gasteiger partial charge is 0.444 e. The maximum absolute atomic E-state index is 11.3. The Morgan fingerprint density at radius 2 is 1.48 bits per heavy atom. The highest BCUT2D eigenvalue weighted by Crippen LogP contribution is 2.10. The van der Waals surface area contributed by atoms with Crippen molar-refractivity contribution in [3.63, 3.8) is 0 Å². The second-order valence-electron chi connectivity index (χ2n) is 5.96. The lowest BCUT2D eigenvalue weighted by atomic mass is 10.1. The van der Waals surface area contributed by atoms with Crippen LogP contribution in [-0.4, -0.2) is 18.7 Å². The van der Waals surface area contributed by atoms with Crippen LogP contribution in [0.5, 0.6) is 0 Å². The number of hydrogen-bond donors (Lipinski definition) is 1.